The van der Waals surface area contributed by atoms with Gasteiger partial charge in [-0.3, -0.25) is 4.79 Å². The SMILES string of the molecule is CCc1ccc2c(c1)sc(=NC(=O)c1cccc(S(C)(=O)=O)c1)n2C. The maximum absolute atomic E-state index is 12.5. The Morgan fingerprint density at radius 3 is 2.64 bits per heavy atom. The van der Waals surface area contributed by atoms with E-state index in [-0.39, 0.29) is 10.5 Å². The lowest BCUT2D eigenvalue weighted by molar-refractivity contribution is 0.0997. The fourth-order valence-electron chi connectivity index (χ4n) is 2.52. The van der Waals surface area contributed by atoms with E-state index in [0.717, 1.165) is 22.9 Å². The van der Waals surface area contributed by atoms with Gasteiger partial charge in [0.1, 0.15) is 0 Å². The Morgan fingerprint density at radius 1 is 1.20 bits per heavy atom. The van der Waals surface area contributed by atoms with Gasteiger partial charge >= 0.3 is 0 Å². The summed E-state index contributed by atoms with van der Waals surface area (Å²) in [5, 5.41) is 0. The zero-order chi connectivity index (χ0) is 18.2. The lowest BCUT2D eigenvalue weighted by Crippen LogP contribution is -2.13. The number of rotatable bonds is 3. The highest BCUT2D eigenvalue weighted by atomic mass is 32.2. The Balaban J connectivity index is 2.07. The summed E-state index contributed by atoms with van der Waals surface area (Å²) < 4.78 is 26.2. The summed E-state index contributed by atoms with van der Waals surface area (Å²) in [5.41, 5.74) is 2.50. The van der Waals surface area contributed by atoms with Crippen LogP contribution in [0.5, 0.6) is 0 Å². The van der Waals surface area contributed by atoms with Crippen LogP contribution in [0.3, 0.4) is 0 Å². The molecular weight excluding hydrogens is 356 g/mol. The quantitative estimate of drug-likeness (QED) is 0.708. The van der Waals surface area contributed by atoms with E-state index in [4.69, 9.17) is 0 Å². The maximum Gasteiger partial charge on any atom is 0.279 e. The first kappa shape index (κ1) is 17.6. The van der Waals surface area contributed by atoms with Gasteiger partial charge < -0.3 is 4.57 Å². The summed E-state index contributed by atoms with van der Waals surface area (Å²) >= 11 is 1.44. The van der Waals surface area contributed by atoms with Gasteiger partial charge in [0.05, 0.1) is 15.1 Å². The monoisotopic (exact) mass is 374 g/mol. The fourth-order valence-corrected chi connectivity index (χ4v) is 4.26. The molecule has 7 heteroatoms. The van der Waals surface area contributed by atoms with Gasteiger partial charge in [-0.1, -0.05) is 30.4 Å². The van der Waals surface area contributed by atoms with Crippen molar-refractivity contribution in [3.63, 3.8) is 0 Å². The van der Waals surface area contributed by atoms with Gasteiger partial charge in [-0.2, -0.15) is 4.99 Å². The van der Waals surface area contributed by atoms with E-state index in [1.54, 1.807) is 12.1 Å². The number of aryl methyl sites for hydroxylation is 2. The number of sulfone groups is 1. The summed E-state index contributed by atoms with van der Waals surface area (Å²) in [5.74, 6) is -0.455. The van der Waals surface area contributed by atoms with E-state index in [1.165, 1.54) is 29.0 Å². The molecule has 0 saturated carbocycles. The average molecular weight is 374 g/mol. The molecule has 130 valence electrons. The molecule has 1 heterocycles. The van der Waals surface area contributed by atoms with Crippen LogP contribution < -0.4 is 4.80 Å². The van der Waals surface area contributed by atoms with Gasteiger partial charge in [-0.25, -0.2) is 8.42 Å². The smallest absolute Gasteiger partial charge is 0.279 e. The predicted octanol–water partition coefficient (Wildman–Crippen LogP) is 2.95. The number of thiazole rings is 1. The van der Waals surface area contributed by atoms with Crippen molar-refractivity contribution >= 4 is 37.3 Å². The summed E-state index contributed by atoms with van der Waals surface area (Å²) in [6.45, 7) is 2.10. The third-order valence-electron chi connectivity index (χ3n) is 3.99. The Labute approximate surface area is 150 Å². The number of fused-ring (bicyclic) bond motifs is 1. The van der Waals surface area contributed by atoms with Gasteiger partial charge in [-0.15, -0.1) is 0 Å². The van der Waals surface area contributed by atoms with E-state index < -0.39 is 15.7 Å². The molecule has 0 N–H and O–H groups in total. The van der Waals surface area contributed by atoms with Crippen molar-refractivity contribution in [2.75, 3.05) is 6.26 Å². The predicted molar refractivity (Wildman–Crippen MR) is 99.6 cm³/mol. The molecule has 1 amide bonds. The van der Waals surface area contributed by atoms with Crippen molar-refractivity contribution in [2.45, 2.75) is 18.2 Å². The first-order chi connectivity index (χ1) is 11.8. The molecule has 0 spiro atoms. The highest BCUT2D eigenvalue weighted by Crippen LogP contribution is 2.19. The minimum Gasteiger partial charge on any atom is -0.319 e. The highest BCUT2D eigenvalue weighted by molar-refractivity contribution is 7.90. The largest absolute Gasteiger partial charge is 0.319 e. The Kier molecular flexibility index (Phi) is 4.62. The Bertz CT molecular complexity index is 1140. The van der Waals surface area contributed by atoms with E-state index in [9.17, 15) is 13.2 Å². The van der Waals surface area contributed by atoms with E-state index in [0.29, 0.717) is 4.80 Å². The molecule has 0 unspecified atom stereocenters. The molecule has 0 bridgehead atoms. The zero-order valence-corrected chi connectivity index (χ0v) is 15.8. The number of hydrogen-bond acceptors (Lipinski definition) is 4. The van der Waals surface area contributed by atoms with Crippen LogP contribution in [0, 0.1) is 0 Å². The third kappa shape index (κ3) is 3.57. The fraction of sp³-hybridized carbons (Fsp3) is 0.222. The number of hydrogen-bond donors (Lipinski definition) is 0. The van der Waals surface area contributed by atoms with Crippen LogP contribution in [0.25, 0.3) is 10.2 Å². The van der Waals surface area contributed by atoms with E-state index in [1.807, 2.05) is 17.7 Å². The molecule has 0 atom stereocenters. The van der Waals surface area contributed by atoms with Crippen molar-refractivity contribution in [1.82, 2.24) is 4.57 Å². The minimum atomic E-state index is -3.36. The molecule has 0 aliphatic heterocycles. The lowest BCUT2D eigenvalue weighted by Gasteiger charge is -2.00. The normalized spacial score (nSPS) is 12.7. The van der Waals surface area contributed by atoms with Gasteiger partial charge in [-0.05, 0) is 42.3 Å². The molecule has 0 aliphatic rings. The van der Waals surface area contributed by atoms with Crippen LogP contribution in [-0.2, 0) is 23.3 Å². The van der Waals surface area contributed by atoms with Crippen LogP contribution in [0.1, 0.15) is 22.8 Å². The second kappa shape index (κ2) is 6.57. The van der Waals surface area contributed by atoms with Crippen molar-refractivity contribution < 1.29 is 13.2 Å². The molecule has 0 saturated heterocycles. The van der Waals surface area contributed by atoms with Gasteiger partial charge in [0.25, 0.3) is 5.91 Å². The molecule has 5 nitrogen and oxygen atoms in total. The standard InChI is InChI=1S/C18H18N2O3S2/c1-4-12-8-9-15-16(10-12)24-18(20(15)2)19-17(21)13-6-5-7-14(11-13)25(3,22)23/h5-11H,4H2,1-3H3. The summed E-state index contributed by atoms with van der Waals surface area (Å²) in [7, 11) is -1.50. The number of aromatic nitrogens is 1. The van der Waals surface area contributed by atoms with Crippen molar-refractivity contribution in [3.05, 3.63) is 58.4 Å². The molecule has 0 fully saturated rings. The topological polar surface area (TPSA) is 68.5 Å². The van der Waals surface area contributed by atoms with E-state index >= 15 is 0 Å². The summed E-state index contributed by atoms with van der Waals surface area (Å²) in [6, 6.07) is 12.2. The van der Waals surface area contributed by atoms with Crippen LogP contribution >= 0.6 is 11.3 Å². The molecule has 2 aromatic carbocycles. The first-order valence-corrected chi connectivity index (χ1v) is 10.5. The van der Waals surface area contributed by atoms with Crippen molar-refractivity contribution in [3.8, 4) is 0 Å². The molecule has 25 heavy (non-hydrogen) atoms. The molecule has 0 aliphatic carbocycles. The van der Waals surface area contributed by atoms with Gasteiger partial charge in [0, 0.05) is 18.9 Å². The van der Waals surface area contributed by atoms with Gasteiger partial charge in [0.15, 0.2) is 14.6 Å². The average Bonchev–Trinajstić information content (AvgIpc) is 2.89. The summed E-state index contributed by atoms with van der Waals surface area (Å²) in [6.07, 6.45) is 2.06. The lowest BCUT2D eigenvalue weighted by atomic mass is 10.2. The number of carbonyl (C=O) groups is 1. The molecule has 3 aromatic rings. The van der Waals surface area contributed by atoms with Gasteiger partial charge in [0.2, 0.25) is 0 Å². The zero-order valence-electron chi connectivity index (χ0n) is 14.2. The summed E-state index contributed by atoms with van der Waals surface area (Å²) in [4.78, 5) is 17.4. The third-order valence-corrected chi connectivity index (χ3v) is 6.19. The number of benzene rings is 2. The van der Waals surface area contributed by atoms with E-state index in [2.05, 4.69) is 24.0 Å². The molecule has 1 aromatic heterocycles. The number of nitrogens with zero attached hydrogens (tertiary/aromatic N) is 2. The number of carbonyl (C=O) groups excluding carboxylic acids is 1. The number of amides is 1. The Morgan fingerprint density at radius 2 is 1.96 bits per heavy atom. The van der Waals surface area contributed by atoms with Crippen LogP contribution in [0.15, 0.2) is 52.4 Å². The minimum absolute atomic E-state index is 0.113. The molecule has 3 rings (SSSR count). The van der Waals surface area contributed by atoms with Crippen LogP contribution in [0.4, 0.5) is 0 Å². The van der Waals surface area contributed by atoms with Crippen molar-refractivity contribution in [1.29, 1.82) is 0 Å². The second-order valence-electron chi connectivity index (χ2n) is 5.82. The van der Waals surface area contributed by atoms with Crippen LogP contribution in [0.2, 0.25) is 0 Å². The molecule has 0 radical (unpaired) electrons. The maximum atomic E-state index is 12.5. The first-order valence-electron chi connectivity index (χ1n) is 7.77. The second-order valence-corrected chi connectivity index (χ2v) is 8.84. The highest BCUT2D eigenvalue weighted by Gasteiger charge is 2.12. The Hall–Kier alpha value is -2.25. The van der Waals surface area contributed by atoms with Crippen LogP contribution in [-0.4, -0.2) is 25.1 Å². The molecular formula is C18H18N2O3S2. The van der Waals surface area contributed by atoms with Crippen molar-refractivity contribution in [2.24, 2.45) is 12.0 Å².